The second-order valence-corrected chi connectivity index (χ2v) is 8.69. The highest BCUT2D eigenvalue weighted by atomic mass is 16.5. The highest BCUT2D eigenvalue weighted by molar-refractivity contribution is 5.68. The summed E-state index contributed by atoms with van der Waals surface area (Å²) in [5, 5.41) is 27.8. The minimum absolute atomic E-state index is 0.190. The first-order valence-electron chi connectivity index (χ1n) is 11.6. The lowest BCUT2D eigenvalue weighted by molar-refractivity contribution is 0.210. The van der Waals surface area contributed by atoms with Gasteiger partial charge in [0.25, 0.3) is 0 Å². The number of nitriles is 2. The summed E-state index contributed by atoms with van der Waals surface area (Å²) in [4.78, 5) is 10.6. The average molecular weight is 468 g/mol. The molecule has 0 unspecified atom stereocenters. The van der Waals surface area contributed by atoms with Gasteiger partial charge < -0.3 is 9.64 Å². The van der Waals surface area contributed by atoms with Crippen LogP contribution < -0.4 is 4.74 Å². The molecule has 1 aliphatic heterocycles. The Morgan fingerprint density at radius 2 is 2.03 bits per heavy atom. The van der Waals surface area contributed by atoms with Crippen LogP contribution in [0.3, 0.4) is 0 Å². The Kier molecular flexibility index (Phi) is 6.02. The molecule has 5 heterocycles. The zero-order valence-corrected chi connectivity index (χ0v) is 19.7. The highest BCUT2D eigenvalue weighted by Gasteiger charge is 2.23. The Bertz CT molecular complexity index is 1430. The largest absolute Gasteiger partial charge is 0.469 e. The van der Waals surface area contributed by atoms with Gasteiger partial charge in [-0.15, -0.1) is 5.10 Å². The lowest BCUT2D eigenvalue weighted by Gasteiger charge is -2.17. The van der Waals surface area contributed by atoms with E-state index in [0.29, 0.717) is 17.2 Å². The fourth-order valence-corrected chi connectivity index (χ4v) is 4.62. The molecular formula is C25H25N9O. The molecule has 4 aromatic rings. The fraction of sp³-hybridized carbons (Fsp3) is 0.360. The second-order valence-electron chi connectivity index (χ2n) is 8.69. The van der Waals surface area contributed by atoms with Crippen LogP contribution in [0.1, 0.15) is 55.4 Å². The normalized spacial score (nSPS) is 16.9. The zero-order chi connectivity index (χ0) is 24.4. The van der Waals surface area contributed by atoms with Crippen molar-refractivity contribution in [3.05, 3.63) is 59.8 Å². The molecule has 0 radical (unpaired) electrons. The van der Waals surface area contributed by atoms with E-state index in [0.717, 1.165) is 55.0 Å². The first kappa shape index (κ1) is 22.4. The third-order valence-electron chi connectivity index (χ3n) is 6.48. The summed E-state index contributed by atoms with van der Waals surface area (Å²) in [7, 11) is 0. The van der Waals surface area contributed by atoms with Gasteiger partial charge in [0.05, 0.1) is 23.6 Å². The molecular weight excluding hydrogens is 442 g/mol. The van der Waals surface area contributed by atoms with Crippen LogP contribution in [0.5, 0.6) is 5.88 Å². The topological polar surface area (TPSA) is 121 Å². The summed E-state index contributed by atoms with van der Waals surface area (Å²) in [6.45, 7) is 5.43. The fourth-order valence-electron chi connectivity index (χ4n) is 4.62. The van der Waals surface area contributed by atoms with Gasteiger partial charge in [-0.25, -0.2) is 9.67 Å². The minimum Gasteiger partial charge on any atom is -0.469 e. The predicted molar refractivity (Wildman–Crippen MR) is 127 cm³/mol. The minimum atomic E-state index is -0.338. The lowest BCUT2D eigenvalue weighted by atomic mass is 10.1. The summed E-state index contributed by atoms with van der Waals surface area (Å²) in [6, 6.07) is 11.8. The third-order valence-corrected chi connectivity index (χ3v) is 6.48. The maximum Gasteiger partial charge on any atom is 0.201 e. The van der Waals surface area contributed by atoms with Crippen LogP contribution in [0.2, 0.25) is 0 Å². The number of aromatic nitrogens is 6. The van der Waals surface area contributed by atoms with Crippen molar-refractivity contribution in [3.63, 3.8) is 0 Å². The van der Waals surface area contributed by atoms with Crippen LogP contribution in [-0.2, 0) is 0 Å². The Balaban J connectivity index is 1.52. The predicted octanol–water partition coefficient (Wildman–Crippen LogP) is 3.82. The molecule has 0 spiro atoms. The van der Waals surface area contributed by atoms with Crippen molar-refractivity contribution in [2.45, 2.75) is 45.3 Å². The Hall–Kier alpha value is -4.44. The van der Waals surface area contributed by atoms with Crippen molar-refractivity contribution in [2.75, 3.05) is 13.1 Å². The van der Waals surface area contributed by atoms with Gasteiger partial charge in [0.15, 0.2) is 6.19 Å². The summed E-state index contributed by atoms with van der Waals surface area (Å²) in [5.41, 5.74) is 4.26. The molecule has 0 bridgehead atoms. The number of likely N-dealkylation sites (tertiary alicyclic amines) is 1. The lowest BCUT2D eigenvalue weighted by Crippen LogP contribution is -2.19. The van der Waals surface area contributed by atoms with Crippen LogP contribution in [0.25, 0.3) is 16.9 Å². The molecule has 0 aromatic carbocycles. The van der Waals surface area contributed by atoms with Gasteiger partial charge >= 0.3 is 0 Å². The average Bonchev–Trinajstić information content (AvgIpc) is 3.39. The van der Waals surface area contributed by atoms with Crippen LogP contribution in [0.4, 0.5) is 0 Å². The Morgan fingerprint density at radius 1 is 1.14 bits per heavy atom. The van der Waals surface area contributed by atoms with Gasteiger partial charge in [-0.3, -0.25) is 9.38 Å². The Labute approximate surface area is 203 Å². The monoisotopic (exact) mass is 467 g/mol. The summed E-state index contributed by atoms with van der Waals surface area (Å²) >= 11 is 0. The van der Waals surface area contributed by atoms with E-state index < -0.39 is 0 Å². The smallest absolute Gasteiger partial charge is 0.201 e. The standard InChI is InChI=1S/C25H25N9O/c1-17-25(30-31-34(17)20-6-5-10-32(16-27)11-8-20)19-12-23-29-15-21(14-26)33(23)24(13-19)35-18(2)22-7-3-4-9-28-22/h3-4,7,9,12-13,15,18,20H,5-6,8,10-11H2,1-2H3/t18-,20-/m1/s1. The van der Waals surface area contributed by atoms with Crippen LogP contribution in [-0.4, -0.2) is 47.4 Å². The molecule has 176 valence electrons. The van der Waals surface area contributed by atoms with E-state index in [1.165, 1.54) is 6.20 Å². The van der Waals surface area contributed by atoms with Crippen molar-refractivity contribution in [1.82, 2.24) is 34.3 Å². The first-order chi connectivity index (χ1) is 17.1. The van der Waals surface area contributed by atoms with Gasteiger partial charge in [-0.1, -0.05) is 11.3 Å². The molecule has 10 nitrogen and oxygen atoms in total. The molecule has 1 saturated heterocycles. The molecule has 1 aliphatic rings. The number of imidazole rings is 1. The van der Waals surface area contributed by atoms with Gasteiger partial charge in [0.2, 0.25) is 5.88 Å². The number of fused-ring (bicyclic) bond motifs is 1. The molecule has 0 N–H and O–H groups in total. The number of pyridine rings is 2. The number of nitrogens with zero attached hydrogens (tertiary/aromatic N) is 9. The zero-order valence-electron chi connectivity index (χ0n) is 19.7. The van der Waals surface area contributed by atoms with Crippen LogP contribution >= 0.6 is 0 Å². The van der Waals surface area contributed by atoms with Crippen LogP contribution in [0, 0.1) is 29.7 Å². The number of hydrogen-bond donors (Lipinski definition) is 0. The van der Waals surface area contributed by atoms with Crippen molar-refractivity contribution in [1.29, 1.82) is 10.5 Å². The summed E-state index contributed by atoms with van der Waals surface area (Å²) < 4.78 is 9.97. The van der Waals surface area contributed by atoms with E-state index in [-0.39, 0.29) is 12.1 Å². The van der Waals surface area contributed by atoms with Crippen LogP contribution in [0.15, 0.2) is 42.7 Å². The molecule has 0 aliphatic carbocycles. The highest BCUT2D eigenvalue weighted by Crippen LogP contribution is 2.32. The van der Waals surface area contributed by atoms with Crippen molar-refractivity contribution in [3.8, 4) is 29.4 Å². The molecule has 1 fully saturated rings. The molecule has 2 atom stereocenters. The van der Waals surface area contributed by atoms with E-state index in [1.807, 2.05) is 48.9 Å². The van der Waals surface area contributed by atoms with Crippen molar-refractivity contribution < 1.29 is 4.74 Å². The van der Waals surface area contributed by atoms with E-state index in [2.05, 4.69) is 32.5 Å². The van der Waals surface area contributed by atoms with E-state index in [1.54, 1.807) is 15.5 Å². The van der Waals surface area contributed by atoms with Gasteiger partial charge in [-0.05, 0) is 51.3 Å². The Morgan fingerprint density at radius 3 is 2.80 bits per heavy atom. The molecule has 0 amide bonds. The molecule has 35 heavy (non-hydrogen) atoms. The van der Waals surface area contributed by atoms with E-state index in [9.17, 15) is 10.5 Å². The van der Waals surface area contributed by atoms with Gasteiger partial charge in [-0.2, -0.15) is 10.5 Å². The number of hydrogen-bond acceptors (Lipinski definition) is 8. The maximum absolute atomic E-state index is 9.61. The second kappa shape index (κ2) is 9.43. The van der Waals surface area contributed by atoms with Gasteiger partial charge in [0.1, 0.15) is 29.2 Å². The van der Waals surface area contributed by atoms with E-state index in [4.69, 9.17) is 4.74 Å². The number of rotatable bonds is 5. The van der Waals surface area contributed by atoms with E-state index >= 15 is 0 Å². The molecule has 4 aromatic heterocycles. The molecule has 0 saturated carbocycles. The maximum atomic E-state index is 9.61. The quantitative estimate of drug-likeness (QED) is 0.406. The van der Waals surface area contributed by atoms with Crippen molar-refractivity contribution >= 4 is 5.65 Å². The molecule has 10 heteroatoms. The number of ether oxygens (including phenoxy) is 1. The third kappa shape index (κ3) is 4.26. The summed E-state index contributed by atoms with van der Waals surface area (Å²) in [5.74, 6) is 0.484. The molecule has 5 rings (SSSR count). The summed E-state index contributed by atoms with van der Waals surface area (Å²) in [6.07, 6.45) is 7.91. The van der Waals surface area contributed by atoms with Gasteiger partial charge in [0, 0.05) is 30.9 Å². The van der Waals surface area contributed by atoms with Crippen molar-refractivity contribution in [2.24, 2.45) is 0 Å². The SMILES string of the molecule is Cc1c(-c2cc(O[C@H](C)c3ccccn3)n3c(C#N)cnc3c2)nnn1[C@@H]1CCCN(C#N)CC1. The first-order valence-corrected chi connectivity index (χ1v) is 11.6.